The van der Waals surface area contributed by atoms with Crippen molar-refractivity contribution in [3.05, 3.63) is 25.3 Å². The molecule has 12 N–H and O–H groups in total. The van der Waals surface area contributed by atoms with E-state index in [1.165, 1.54) is 12.2 Å². The lowest BCUT2D eigenvalue weighted by atomic mass is 9.98. The van der Waals surface area contributed by atoms with E-state index in [2.05, 4.69) is 34.4 Å². The molecule has 20 heteroatoms. The molecule has 10 unspecified atom stereocenters. The zero-order valence-corrected chi connectivity index (χ0v) is 32.0. The average molecular weight is 805 g/mol. The average Bonchev–Trinajstić information content (AvgIpc) is 3.19. The number of aliphatic hydroxyl groups excluding tert-OH is 8. The standard InChI is InChI=1S/C36H64N6O14/c1-3-25(45)37-13-5-7-17-41(27(47)11-15-39-35-33(53)31(51)29(49)23(21-43)55-35)19-9-10-20-42(18-8-6-14-38-26(46)4-2)28(48)12-16-40-36-34(54)32(52)30(50)24(22-44)56-36/h3-4,23-24,29-36,39-40,43-44,49-54H,1-2,5-22H2,(H,37,45)(H,38,46). The van der Waals surface area contributed by atoms with Crippen LogP contribution in [0.15, 0.2) is 25.3 Å². The molecular weight excluding hydrogens is 740 g/mol. The smallest absolute Gasteiger partial charge is 0.243 e. The molecular formula is C36H64N6O14. The molecule has 0 aromatic heterocycles. The Hall–Kier alpha value is -3.12. The minimum absolute atomic E-state index is 0.00330. The first kappa shape index (κ1) is 49.0. The van der Waals surface area contributed by atoms with E-state index in [1.54, 1.807) is 9.80 Å². The van der Waals surface area contributed by atoms with Crippen molar-refractivity contribution in [3.8, 4) is 0 Å². The molecule has 2 rings (SSSR count). The normalized spacial score (nSPS) is 27.6. The van der Waals surface area contributed by atoms with Crippen molar-refractivity contribution in [1.29, 1.82) is 0 Å². The summed E-state index contributed by atoms with van der Waals surface area (Å²) < 4.78 is 10.9. The predicted molar refractivity (Wildman–Crippen MR) is 200 cm³/mol. The van der Waals surface area contributed by atoms with Crippen molar-refractivity contribution in [2.24, 2.45) is 0 Å². The fraction of sp³-hybridized carbons (Fsp3) is 0.778. The number of carbonyl (C=O) groups is 4. The largest absolute Gasteiger partial charge is 0.394 e. The number of carbonyl (C=O) groups excluding carboxylic acids is 4. The van der Waals surface area contributed by atoms with Gasteiger partial charge in [0.1, 0.15) is 61.3 Å². The van der Waals surface area contributed by atoms with Crippen molar-refractivity contribution in [1.82, 2.24) is 31.1 Å². The molecule has 0 radical (unpaired) electrons. The highest BCUT2D eigenvalue weighted by Gasteiger charge is 2.44. The Bertz CT molecular complexity index is 1120. The van der Waals surface area contributed by atoms with Crippen LogP contribution in [-0.2, 0) is 28.7 Å². The Kier molecular flexibility index (Phi) is 23.4. The number of nitrogens with zero attached hydrogens (tertiary/aromatic N) is 2. The van der Waals surface area contributed by atoms with Gasteiger partial charge in [-0.3, -0.25) is 29.8 Å². The molecule has 20 nitrogen and oxygen atoms in total. The van der Waals surface area contributed by atoms with Crippen molar-refractivity contribution < 1.29 is 69.5 Å². The van der Waals surface area contributed by atoms with E-state index in [9.17, 15) is 60.0 Å². The first-order valence-electron chi connectivity index (χ1n) is 19.2. The third kappa shape index (κ3) is 16.4. The highest BCUT2D eigenvalue weighted by Crippen LogP contribution is 2.21. The molecule has 322 valence electrons. The van der Waals surface area contributed by atoms with Crippen LogP contribution in [0.25, 0.3) is 0 Å². The third-order valence-electron chi connectivity index (χ3n) is 9.64. The van der Waals surface area contributed by atoms with Gasteiger partial charge >= 0.3 is 0 Å². The van der Waals surface area contributed by atoms with Gasteiger partial charge in [-0.05, 0) is 50.7 Å². The monoisotopic (exact) mass is 804 g/mol. The fourth-order valence-electron chi connectivity index (χ4n) is 6.25. The minimum atomic E-state index is -1.56. The van der Waals surface area contributed by atoms with Crippen molar-refractivity contribution in [2.45, 2.75) is 113 Å². The first-order valence-corrected chi connectivity index (χ1v) is 19.2. The minimum Gasteiger partial charge on any atom is -0.394 e. The number of rotatable bonds is 27. The molecule has 2 aliphatic rings. The molecule has 56 heavy (non-hydrogen) atoms. The van der Waals surface area contributed by atoms with Crippen molar-refractivity contribution in [3.63, 3.8) is 0 Å². The van der Waals surface area contributed by atoms with Crippen molar-refractivity contribution >= 4 is 23.6 Å². The van der Waals surface area contributed by atoms with Crippen LogP contribution in [0.3, 0.4) is 0 Å². The lowest BCUT2D eigenvalue weighted by Crippen LogP contribution is -2.62. The molecule has 0 spiro atoms. The maximum Gasteiger partial charge on any atom is 0.243 e. The maximum atomic E-state index is 13.4. The van der Waals surface area contributed by atoms with E-state index in [1.807, 2.05) is 0 Å². The summed E-state index contributed by atoms with van der Waals surface area (Å²) in [5, 5.41) is 90.8. The van der Waals surface area contributed by atoms with E-state index in [4.69, 9.17) is 9.47 Å². The Morgan fingerprint density at radius 3 is 1.18 bits per heavy atom. The number of nitrogens with one attached hydrogen (secondary N) is 4. The van der Waals surface area contributed by atoms with Crippen LogP contribution >= 0.6 is 0 Å². The zero-order chi connectivity index (χ0) is 41.6. The van der Waals surface area contributed by atoms with E-state index < -0.39 is 74.5 Å². The summed E-state index contributed by atoms with van der Waals surface area (Å²) in [4.78, 5) is 53.1. The van der Waals surface area contributed by atoms with Gasteiger partial charge in [-0.15, -0.1) is 0 Å². The molecule has 0 aromatic carbocycles. The molecule has 10 atom stereocenters. The number of unbranched alkanes of at least 4 members (excludes halogenated alkanes) is 3. The molecule has 2 saturated heterocycles. The SMILES string of the molecule is C=CC(=O)NCCCCN(CCCCN(CCCCNC(=O)C=C)C(=O)CCNC1OC(CO)C(O)C(O)C1O)C(=O)CCNC1OC(CO)C(O)C(O)C1O. The molecule has 0 aliphatic carbocycles. The number of hydrogen-bond acceptors (Lipinski definition) is 16. The number of ether oxygens (including phenoxy) is 2. The second-order valence-electron chi connectivity index (χ2n) is 13.8. The van der Waals surface area contributed by atoms with Crippen LogP contribution in [0.2, 0.25) is 0 Å². The quantitative estimate of drug-likeness (QED) is 0.0274. The Morgan fingerprint density at radius 2 is 0.857 bits per heavy atom. The zero-order valence-electron chi connectivity index (χ0n) is 32.0. The fourth-order valence-corrected chi connectivity index (χ4v) is 6.25. The predicted octanol–water partition coefficient (Wildman–Crippen LogP) is -4.85. The van der Waals surface area contributed by atoms with Crippen LogP contribution in [0.1, 0.15) is 51.4 Å². The summed E-state index contributed by atoms with van der Waals surface area (Å²) in [5.41, 5.74) is 0. The Morgan fingerprint density at radius 1 is 0.518 bits per heavy atom. The Balaban J connectivity index is 1.98. The lowest BCUT2D eigenvalue weighted by Gasteiger charge is -2.40. The summed E-state index contributed by atoms with van der Waals surface area (Å²) in [6.07, 6.45) is -7.83. The second-order valence-corrected chi connectivity index (χ2v) is 13.8. The summed E-state index contributed by atoms with van der Waals surface area (Å²) in [6.45, 7) is 8.04. The van der Waals surface area contributed by atoms with Crippen LogP contribution in [0.4, 0.5) is 0 Å². The number of amides is 4. The first-order chi connectivity index (χ1) is 26.8. The lowest BCUT2D eigenvalue weighted by molar-refractivity contribution is -0.236. The summed E-state index contributed by atoms with van der Waals surface area (Å²) in [5.74, 6) is -1.04. The van der Waals surface area contributed by atoms with Gasteiger partial charge in [0.15, 0.2) is 0 Å². The van der Waals surface area contributed by atoms with Gasteiger partial charge in [0.25, 0.3) is 0 Å². The molecule has 2 aliphatic heterocycles. The van der Waals surface area contributed by atoms with Gasteiger partial charge in [0, 0.05) is 65.2 Å². The summed E-state index contributed by atoms with van der Waals surface area (Å²) in [7, 11) is 0. The van der Waals surface area contributed by atoms with E-state index >= 15 is 0 Å². The van der Waals surface area contributed by atoms with E-state index in [-0.39, 0.29) is 49.6 Å². The van der Waals surface area contributed by atoms with E-state index in [0.29, 0.717) is 77.8 Å². The van der Waals surface area contributed by atoms with Crippen LogP contribution in [-0.4, -0.2) is 201 Å². The summed E-state index contributed by atoms with van der Waals surface area (Å²) in [6, 6.07) is 0. The third-order valence-corrected chi connectivity index (χ3v) is 9.64. The van der Waals surface area contributed by atoms with Gasteiger partial charge in [-0.1, -0.05) is 13.2 Å². The van der Waals surface area contributed by atoms with Crippen LogP contribution in [0.5, 0.6) is 0 Å². The number of hydrogen-bond donors (Lipinski definition) is 12. The topological polar surface area (TPSA) is 303 Å². The number of aliphatic hydroxyl groups is 8. The van der Waals surface area contributed by atoms with E-state index in [0.717, 1.165) is 0 Å². The Labute approximate surface area is 327 Å². The molecule has 0 saturated carbocycles. The molecule has 0 bridgehead atoms. The van der Waals surface area contributed by atoms with Gasteiger partial charge < -0.3 is 70.8 Å². The van der Waals surface area contributed by atoms with Gasteiger partial charge in [0.05, 0.1) is 13.2 Å². The van der Waals surface area contributed by atoms with Crippen LogP contribution < -0.4 is 21.3 Å². The molecule has 0 aromatic rings. The molecule has 2 fully saturated rings. The highest BCUT2D eigenvalue weighted by atomic mass is 16.6. The van der Waals surface area contributed by atoms with Gasteiger partial charge in [-0.25, -0.2) is 0 Å². The van der Waals surface area contributed by atoms with Crippen LogP contribution in [0, 0.1) is 0 Å². The van der Waals surface area contributed by atoms with Gasteiger partial charge in [0.2, 0.25) is 23.6 Å². The molecule has 2 heterocycles. The molecule has 4 amide bonds. The maximum absolute atomic E-state index is 13.4. The van der Waals surface area contributed by atoms with Crippen molar-refractivity contribution in [2.75, 3.05) is 65.6 Å². The van der Waals surface area contributed by atoms with Gasteiger partial charge in [-0.2, -0.15) is 0 Å². The summed E-state index contributed by atoms with van der Waals surface area (Å²) >= 11 is 0. The highest BCUT2D eigenvalue weighted by molar-refractivity contribution is 5.87. The second kappa shape index (κ2) is 26.7.